The highest BCUT2D eigenvalue weighted by Gasteiger charge is 2.38. The smallest absolute Gasteiger partial charge is 0.268 e. The summed E-state index contributed by atoms with van der Waals surface area (Å²) in [6.45, 7) is 2.53. The van der Waals surface area contributed by atoms with E-state index in [0.29, 0.717) is 28.8 Å². The van der Waals surface area contributed by atoms with Crippen molar-refractivity contribution in [2.75, 3.05) is 23.0 Å². The van der Waals surface area contributed by atoms with Gasteiger partial charge in [-0.1, -0.05) is 23.9 Å². The molecule has 1 aromatic heterocycles. The van der Waals surface area contributed by atoms with Crippen molar-refractivity contribution in [2.24, 2.45) is 0 Å². The van der Waals surface area contributed by atoms with Crippen LogP contribution < -0.4 is 10.2 Å². The van der Waals surface area contributed by atoms with Gasteiger partial charge in [0.25, 0.3) is 11.8 Å². The summed E-state index contributed by atoms with van der Waals surface area (Å²) in [5.74, 6) is -0.447. The third-order valence-electron chi connectivity index (χ3n) is 3.11. The Balaban J connectivity index is 2.07. The number of benzene rings is 1. The maximum atomic E-state index is 12.5. The zero-order chi connectivity index (χ0) is 15.7. The van der Waals surface area contributed by atoms with Crippen LogP contribution in [0, 0.1) is 0 Å². The summed E-state index contributed by atoms with van der Waals surface area (Å²) >= 11 is 1.32. The maximum absolute atomic E-state index is 12.5. The van der Waals surface area contributed by atoms with E-state index in [1.54, 1.807) is 24.3 Å². The van der Waals surface area contributed by atoms with E-state index in [1.807, 2.05) is 13.2 Å². The van der Waals surface area contributed by atoms with Crippen LogP contribution in [0.25, 0.3) is 0 Å². The van der Waals surface area contributed by atoms with E-state index in [4.69, 9.17) is 0 Å². The predicted octanol–water partition coefficient (Wildman–Crippen LogP) is 1.83. The lowest BCUT2D eigenvalue weighted by Crippen LogP contribution is -2.31. The molecule has 0 fully saturated rings. The number of fused-ring (bicyclic) bond motifs is 1. The first kappa shape index (κ1) is 14.5. The van der Waals surface area contributed by atoms with Crippen molar-refractivity contribution < 1.29 is 9.59 Å². The number of hydrogen-bond acceptors (Lipinski definition) is 7. The molecule has 0 atom stereocenters. The summed E-state index contributed by atoms with van der Waals surface area (Å²) in [4.78, 5) is 38.5. The molecule has 0 saturated carbocycles. The molecule has 0 aliphatic carbocycles. The highest BCUT2D eigenvalue weighted by atomic mass is 32.2. The van der Waals surface area contributed by atoms with Gasteiger partial charge in [0.05, 0.1) is 11.1 Å². The Morgan fingerprint density at radius 1 is 1.09 bits per heavy atom. The lowest BCUT2D eigenvalue weighted by molar-refractivity contribution is 0.0923. The number of carbonyl (C=O) groups is 2. The minimum Gasteiger partial charge on any atom is -0.354 e. The Hall–Kier alpha value is -2.48. The first-order valence-electron chi connectivity index (χ1n) is 6.67. The van der Waals surface area contributed by atoms with Crippen molar-refractivity contribution in [3.05, 3.63) is 35.4 Å². The normalized spacial score (nSPS) is 13.5. The molecule has 2 heterocycles. The van der Waals surface area contributed by atoms with Crippen LogP contribution >= 0.6 is 11.8 Å². The highest BCUT2D eigenvalue weighted by molar-refractivity contribution is 7.98. The summed E-state index contributed by atoms with van der Waals surface area (Å²) in [5, 5.41) is 3.41. The number of rotatable bonds is 4. The van der Waals surface area contributed by atoms with Crippen molar-refractivity contribution >= 4 is 35.5 Å². The Bertz CT molecular complexity index is 730. The molecule has 0 unspecified atom stereocenters. The number of carbonyl (C=O) groups excluding carboxylic acids is 2. The lowest BCUT2D eigenvalue weighted by Gasteiger charge is -2.13. The fraction of sp³-hybridized carbons (Fsp3) is 0.214. The van der Waals surface area contributed by atoms with Gasteiger partial charge in [0.1, 0.15) is 0 Å². The standard InChI is InChI=1S/C14H13N5O2S/c1-3-15-12-16-13(18-14(17-12)22-2)19-10(20)8-6-4-5-7-9(8)11(19)21/h4-7H,3H2,1-2H3,(H,15,16,17,18). The number of imide groups is 1. The molecule has 3 rings (SSSR count). The summed E-state index contributed by atoms with van der Waals surface area (Å²) in [6, 6.07) is 6.69. The molecule has 0 bridgehead atoms. The first-order valence-corrected chi connectivity index (χ1v) is 7.90. The van der Waals surface area contributed by atoms with Gasteiger partial charge in [-0.2, -0.15) is 15.0 Å². The molecule has 7 nitrogen and oxygen atoms in total. The van der Waals surface area contributed by atoms with E-state index in [-0.39, 0.29) is 5.95 Å². The third-order valence-corrected chi connectivity index (χ3v) is 3.66. The van der Waals surface area contributed by atoms with Gasteiger partial charge in [0.15, 0.2) is 5.16 Å². The van der Waals surface area contributed by atoms with Gasteiger partial charge in [0, 0.05) is 6.54 Å². The van der Waals surface area contributed by atoms with Gasteiger partial charge in [-0.3, -0.25) is 9.59 Å². The Kier molecular flexibility index (Phi) is 3.76. The predicted molar refractivity (Wildman–Crippen MR) is 83.4 cm³/mol. The fourth-order valence-electron chi connectivity index (χ4n) is 2.15. The highest BCUT2D eigenvalue weighted by Crippen LogP contribution is 2.27. The van der Waals surface area contributed by atoms with Crippen molar-refractivity contribution in [1.29, 1.82) is 0 Å². The summed E-state index contributed by atoms with van der Waals surface area (Å²) in [7, 11) is 0. The molecular weight excluding hydrogens is 302 g/mol. The van der Waals surface area contributed by atoms with Crippen LogP contribution in [-0.4, -0.2) is 39.6 Å². The number of thioether (sulfide) groups is 1. The minimum atomic E-state index is -0.415. The van der Waals surface area contributed by atoms with Crippen LogP contribution in [0.5, 0.6) is 0 Å². The van der Waals surface area contributed by atoms with Gasteiger partial charge >= 0.3 is 0 Å². The molecule has 2 aromatic rings. The largest absolute Gasteiger partial charge is 0.354 e. The minimum absolute atomic E-state index is 0.0431. The van der Waals surface area contributed by atoms with Gasteiger partial charge in [0.2, 0.25) is 11.9 Å². The van der Waals surface area contributed by atoms with Gasteiger partial charge in [-0.15, -0.1) is 0 Å². The third kappa shape index (κ3) is 2.31. The molecule has 1 aliphatic rings. The molecule has 0 spiro atoms. The Morgan fingerprint density at radius 3 is 2.27 bits per heavy atom. The number of amides is 2. The van der Waals surface area contributed by atoms with E-state index < -0.39 is 11.8 Å². The van der Waals surface area contributed by atoms with Crippen LogP contribution in [0.4, 0.5) is 11.9 Å². The molecule has 0 radical (unpaired) electrons. The van der Waals surface area contributed by atoms with Crippen molar-refractivity contribution in [3.63, 3.8) is 0 Å². The SMILES string of the molecule is CCNc1nc(SC)nc(N2C(=O)c3ccccc3C2=O)n1. The number of hydrogen-bond donors (Lipinski definition) is 1. The quantitative estimate of drug-likeness (QED) is 0.680. The summed E-state index contributed by atoms with van der Waals surface area (Å²) in [6.07, 6.45) is 1.82. The molecule has 0 saturated heterocycles. The monoisotopic (exact) mass is 315 g/mol. The maximum Gasteiger partial charge on any atom is 0.268 e. The van der Waals surface area contributed by atoms with Crippen LogP contribution in [0.1, 0.15) is 27.6 Å². The zero-order valence-electron chi connectivity index (χ0n) is 12.0. The Labute approximate surface area is 131 Å². The Morgan fingerprint density at radius 2 is 1.73 bits per heavy atom. The first-order chi connectivity index (χ1) is 10.7. The van der Waals surface area contributed by atoms with Crippen LogP contribution in [0.2, 0.25) is 0 Å². The molecule has 1 aromatic carbocycles. The van der Waals surface area contributed by atoms with Crippen molar-refractivity contribution in [3.8, 4) is 0 Å². The molecule has 112 valence electrons. The van der Waals surface area contributed by atoms with Crippen LogP contribution in [0.15, 0.2) is 29.4 Å². The fourth-order valence-corrected chi connectivity index (χ4v) is 2.50. The molecular formula is C14H13N5O2S. The second-order valence-electron chi connectivity index (χ2n) is 4.47. The zero-order valence-corrected chi connectivity index (χ0v) is 12.8. The van der Waals surface area contributed by atoms with E-state index >= 15 is 0 Å². The van der Waals surface area contributed by atoms with E-state index in [1.165, 1.54) is 11.8 Å². The average Bonchev–Trinajstić information content (AvgIpc) is 2.79. The van der Waals surface area contributed by atoms with Crippen molar-refractivity contribution in [2.45, 2.75) is 12.1 Å². The topological polar surface area (TPSA) is 88.1 Å². The number of aromatic nitrogens is 3. The van der Waals surface area contributed by atoms with Gasteiger partial charge < -0.3 is 5.32 Å². The summed E-state index contributed by atoms with van der Waals surface area (Å²) < 4.78 is 0. The summed E-state index contributed by atoms with van der Waals surface area (Å²) in [5.41, 5.74) is 0.729. The average molecular weight is 315 g/mol. The molecule has 8 heteroatoms. The number of anilines is 2. The molecule has 1 aliphatic heterocycles. The van der Waals surface area contributed by atoms with E-state index in [0.717, 1.165) is 4.90 Å². The second-order valence-corrected chi connectivity index (χ2v) is 5.24. The van der Waals surface area contributed by atoms with E-state index in [2.05, 4.69) is 20.3 Å². The molecule has 22 heavy (non-hydrogen) atoms. The molecule has 1 N–H and O–H groups in total. The van der Waals surface area contributed by atoms with Crippen LogP contribution in [0.3, 0.4) is 0 Å². The second kappa shape index (κ2) is 5.72. The lowest BCUT2D eigenvalue weighted by atomic mass is 10.1. The van der Waals surface area contributed by atoms with Gasteiger partial charge in [-0.25, -0.2) is 4.90 Å². The van der Waals surface area contributed by atoms with Crippen molar-refractivity contribution in [1.82, 2.24) is 15.0 Å². The van der Waals surface area contributed by atoms with E-state index in [9.17, 15) is 9.59 Å². The number of nitrogens with zero attached hydrogens (tertiary/aromatic N) is 4. The van der Waals surface area contributed by atoms with Crippen LogP contribution in [-0.2, 0) is 0 Å². The molecule has 2 amide bonds. The number of nitrogens with one attached hydrogen (secondary N) is 1. The van der Waals surface area contributed by atoms with Gasteiger partial charge in [-0.05, 0) is 25.3 Å².